The molecule has 0 saturated carbocycles. The second kappa shape index (κ2) is 5.37. The number of benzene rings is 2. The molecule has 0 aliphatic heterocycles. The van der Waals surface area contributed by atoms with Gasteiger partial charge in [-0.2, -0.15) is 0 Å². The van der Waals surface area contributed by atoms with Crippen LogP contribution in [0.1, 0.15) is 41.7 Å². The molecule has 0 aromatic heterocycles. The van der Waals surface area contributed by atoms with Gasteiger partial charge in [0.25, 0.3) is 0 Å². The van der Waals surface area contributed by atoms with Gasteiger partial charge >= 0.3 is 0 Å². The highest BCUT2D eigenvalue weighted by Gasteiger charge is 2.30. The molecular formula is C18H21FO. The molecule has 0 bridgehead atoms. The van der Waals surface area contributed by atoms with Gasteiger partial charge in [0.15, 0.2) is 0 Å². The van der Waals surface area contributed by atoms with E-state index in [9.17, 15) is 9.50 Å². The van der Waals surface area contributed by atoms with E-state index in [1.54, 1.807) is 6.92 Å². The monoisotopic (exact) mass is 272 g/mol. The van der Waals surface area contributed by atoms with Crippen LogP contribution in [-0.4, -0.2) is 5.11 Å². The first-order valence-corrected chi connectivity index (χ1v) is 6.95. The van der Waals surface area contributed by atoms with Gasteiger partial charge in [0.2, 0.25) is 0 Å². The summed E-state index contributed by atoms with van der Waals surface area (Å²) in [5.41, 5.74) is 2.57. The van der Waals surface area contributed by atoms with E-state index in [0.717, 1.165) is 17.5 Å². The lowest BCUT2D eigenvalue weighted by Crippen LogP contribution is -2.25. The molecule has 2 aromatic carbocycles. The molecule has 0 amide bonds. The van der Waals surface area contributed by atoms with Crippen molar-refractivity contribution in [2.24, 2.45) is 0 Å². The van der Waals surface area contributed by atoms with E-state index in [4.69, 9.17) is 0 Å². The molecule has 0 fully saturated rings. The molecule has 1 nitrogen and oxygen atoms in total. The highest BCUT2D eigenvalue weighted by molar-refractivity contribution is 5.43. The number of hydrogen-bond acceptors (Lipinski definition) is 1. The lowest BCUT2D eigenvalue weighted by Gasteiger charge is -2.27. The second-order valence-corrected chi connectivity index (χ2v) is 5.56. The molecule has 1 N–H and O–H groups in total. The molecule has 1 atom stereocenters. The van der Waals surface area contributed by atoms with E-state index < -0.39 is 5.60 Å². The molecule has 1 unspecified atom stereocenters. The molecule has 106 valence electrons. The average Bonchev–Trinajstić information content (AvgIpc) is 2.37. The Bertz CT molecular complexity index is 589. The zero-order chi connectivity index (χ0) is 14.9. The summed E-state index contributed by atoms with van der Waals surface area (Å²) >= 11 is 0. The first kappa shape index (κ1) is 14.7. The summed E-state index contributed by atoms with van der Waals surface area (Å²) in [6.45, 7) is 7.41. The Morgan fingerprint density at radius 3 is 2.20 bits per heavy atom. The highest BCUT2D eigenvalue weighted by Crippen LogP contribution is 2.34. The van der Waals surface area contributed by atoms with Crippen molar-refractivity contribution in [3.05, 3.63) is 70.0 Å². The van der Waals surface area contributed by atoms with E-state index in [1.807, 2.05) is 44.2 Å². The van der Waals surface area contributed by atoms with Gasteiger partial charge in [-0.3, -0.25) is 0 Å². The summed E-state index contributed by atoms with van der Waals surface area (Å²) in [5.74, 6) is -0.355. The van der Waals surface area contributed by atoms with Gasteiger partial charge < -0.3 is 5.11 Å². The van der Waals surface area contributed by atoms with Crippen molar-refractivity contribution in [2.45, 2.75) is 39.7 Å². The maximum Gasteiger partial charge on any atom is 0.130 e. The van der Waals surface area contributed by atoms with Crippen molar-refractivity contribution in [3.63, 3.8) is 0 Å². The Kier molecular flexibility index (Phi) is 3.96. The summed E-state index contributed by atoms with van der Waals surface area (Å²) in [4.78, 5) is 0. The maximum atomic E-state index is 14.3. The quantitative estimate of drug-likeness (QED) is 0.885. The van der Waals surface area contributed by atoms with Crippen LogP contribution in [0.2, 0.25) is 0 Å². The Labute approximate surface area is 120 Å². The van der Waals surface area contributed by atoms with Crippen LogP contribution >= 0.6 is 0 Å². The lowest BCUT2D eigenvalue weighted by molar-refractivity contribution is 0.0972. The van der Waals surface area contributed by atoms with Crippen molar-refractivity contribution in [3.8, 4) is 0 Å². The smallest absolute Gasteiger partial charge is 0.130 e. The molecule has 2 heteroatoms. The third-order valence-corrected chi connectivity index (χ3v) is 3.84. The number of halogens is 1. The largest absolute Gasteiger partial charge is 0.381 e. The molecule has 0 aliphatic rings. The molecular weight excluding hydrogens is 251 g/mol. The maximum absolute atomic E-state index is 14.3. The molecule has 0 saturated heterocycles. The fourth-order valence-electron chi connectivity index (χ4n) is 2.74. The first-order valence-electron chi connectivity index (χ1n) is 6.95. The predicted molar refractivity (Wildman–Crippen MR) is 80.4 cm³/mol. The van der Waals surface area contributed by atoms with E-state index >= 15 is 0 Å². The van der Waals surface area contributed by atoms with Crippen LogP contribution in [-0.2, 0) is 12.0 Å². The van der Waals surface area contributed by atoms with Crippen molar-refractivity contribution >= 4 is 0 Å². The summed E-state index contributed by atoms with van der Waals surface area (Å²) in [7, 11) is 0. The summed E-state index contributed by atoms with van der Waals surface area (Å²) in [6, 6.07) is 11.1. The summed E-state index contributed by atoms with van der Waals surface area (Å²) in [5, 5.41) is 10.8. The van der Waals surface area contributed by atoms with Crippen LogP contribution in [0.4, 0.5) is 4.39 Å². The predicted octanol–water partition coefficient (Wildman–Crippen LogP) is 4.26. The number of hydrogen-bond donors (Lipinski definition) is 1. The minimum atomic E-state index is -1.33. The van der Waals surface area contributed by atoms with Crippen molar-refractivity contribution in [1.29, 1.82) is 0 Å². The summed E-state index contributed by atoms with van der Waals surface area (Å²) < 4.78 is 14.3. The van der Waals surface area contributed by atoms with Gasteiger partial charge in [0, 0.05) is 5.56 Å². The highest BCUT2D eigenvalue weighted by atomic mass is 19.1. The van der Waals surface area contributed by atoms with Crippen molar-refractivity contribution in [1.82, 2.24) is 0 Å². The first-order chi connectivity index (χ1) is 9.36. The van der Waals surface area contributed by atoms with E-state index in [2.05, 4.69) is 6.92 Å². The van der Waals surface area contributed by atoms with Gasteiger partial charge in [0.05, 0.1) is 0 Å². The molecule has 0 heterocycles. The Morgan fingerprint density at radius 1 is 1.10 bits per heavy atom. The minimum Gasteiger partial charge on any atom is -0.381 e. The molecule has 0 radical (unpaired) electrons. The van der Waals surface area contributed by atoms with Gasteiger partial charge in [0.1, 0.15) is 11.4 Å². The third kappa shape index (κ3) is 2.61. The minimum absolute atomic E-state index is 0.354. The average molecular weight is 272 g/mol. The van der Waals surface area contributed by atoms with E-state index in [-0.39, 0.29) is 5.82 Å². The summed E-state index contributed by atoms with van der Waals surface area (Å²) in [6.07, 6.45) is 0.945. The second-order valence-electron chi connectivity index (χ2n) is 5.56. The Hall–Kier alpha value is -1.67. The molecule has 0 spiro atoms. The number of rotatable bonds is 3. The van der Waals surface area contributed by atoms with Gasteiger partial charge in [-0.25, -0.2) is 4.39 Å². The van der Waals surface area contributed by atoms with Crippen molar-refractivity contribution < 1.29 is 9.50 Å². The third-order valence-electron chi connectivity index (χ3n) is 3.84. The topological polar surface area (TPSA) is 20.2 Å². The number of aryl methyl sites for hydroxylation is 3. The molecule has 2 rings (SSSR count). The van der Waals surface area contributed by atoms with E-state index in [0.29, 0.717) is 11.1 Å². The molecule has 20 heavy (non-hydrogen) atoms. The zero-order valence-electron chi connectivity index (χ0n) is 12.5. The fraction of sp³-hybridized carbons (Fsp3) is 0.333. The molecule has 2 aromatic rings. The van der Waals surface area contributed by atoms with Crippen LogP contribution in [0.25, 0.3) is 0 Å². The normalized spacial score (nSPS) is 14.1. The van der Waals surface area contributed by atoms with Gasteiger partial charge in [-0.05, 0) is 55.5 Å². The Balaban J connectivity index is 2.53. The zero-order valence-corrected chi connectivity index (χ0v) is 12.5. The van der Waals surface area contributed by atoms with Gasteiger partial charge in [-0.1, -0.05) is 37.3 Å². The van der Waals surface area contributed by atoms with Crippen molar-refractivity contribution in [2.75, 3.05) is 0 Å². The van der Waals surface area contributed by atoms with Gasteiger partial charge in [-0.15, -0.1) is 0 Å². The number of aliphatic hydroxyl groups is 1. The standard InChI is InChI=1S/C18H21FO/c1-5-14-6-8-15(9-7-14)18(4,20)17-13(3)10-12(2)11-16(17)19/h6-11,20H,5H2,1-4H3. The van der Waals surface area contributed by atoms with E-state index in [1.165, 1.54) is 11.6 Å². The molecule has 0 aliphatic carbocycles. The lowest BCUT2D eigenvalue weighted by atomic mass is 9.84. The van der Waals surface area contributed by atoms with Crippen LogP contribution < -0.4 is 0 Å². The SMILES string of the molecule is CCc1ccc(C(C)(O)c2c(C)cc(C)cc2F)cc1. The fourth-order valence-corrected chi connectivity index (χ4v) is 2.74. The van der Waals surface area contributed by atoms with Crippen LogP contribution in [0.15, 0.2) is 36.4 Å². The van der Waals surface area contributed by atoms with Crippen LogP contribution in [0, 0.1) is 19.7 Å². The van der Waals surface area contributed by atoms with Crippen LogP contribution in [0.5, 0.6) is 0 Å². The van der Waals surface area contributed by atoms with Crippen LogP contribution in [0.3, 0.4) is 0 Å². The Morgan fingerprint density at radius 2 is 1.70 bits per heavy atom.